The van der Waals surface area contributed by atoms with Crippen molar-refractivity contribution in [1.29, 1.82) is 0 Å². The second-order valence-electron chi connectivity index (χ2n) is 9.17. The van der Waals surface area contributed by atoms with Crippen molar-refractivity contribution in [3.63, 3.8) is 0 Å². The predicted molar refractivity (Wildman–Crippen MR) is 158 cm³/mol. The maximum absolute atomic E-state index is 13.1. The molecule has 0 saturated carbocycles. The Kier molecular flexibility index (Phi) is 7.93. The smallest absolute Gasteiger partial charge is 0.324 e. The highest BCUT2D eigenvalue weighted by Crippen LogP contribution is 2.32. The van der Waals surface area contributed by atoms with Gasteiger partial charge in [-0.05, 0) is 55.8 Å². The molecule has 202 valence electrons. The quantitative estimate of drug-likeness (QED) is 0.191. The molecule has 0 atom stereocenters. The number of alkyl halides is 1. The summed E-state index contributed by atoms with van der Waals surface area (Å²) in [4.78, 5) is 28.8. The van der Waals surface area contributed by atoms with Gasteiger partial charge < -0.3 is 15.4 Å². The molecule has 3 N–H and O–H groups in total. The number of amides is 3. The first kappa shape index (κ1) is 26.7. The second-order valence-corrected chi connectivity index (χ2v) is 9.44. The van der Waals surface area contributed by atoms with Crippen LogP contribution in [0.5, 0.6) is 5.75 Å². The fourth-order valence-electron chi connectivity index (χ4n) is 4.22. The Morgan fingerprint density at radius 2 is 1.68 bits per heavy atom. The molecule has 40 heavy (non-hydrogen) atoms. The Balaban J connectivity index is 1.32. The highest BCUT2D eigenvalue weighted by atomic mass is 35.5. The summed E-state index contributed by atoms with van der Waals surface area (Å²) in [5.41, 5.74) is 4.23. The number of anilines is 3. The first-order chi connectivity index (χ1) is 19.4. The molecule has 9 nitrogen and oxygen atoms in total. The van der Waals surface area contributed by atoms with E-state index in [0.717, 1.165) is 33.3 Å². The van der Waals surface area contributed by atoms with E-state index in [4.69, 9.17) is 16.3 Å². The SMILES string of the molecule is Cc1ccc(-n2nc(C)cc2NC(=O)Nc2ccc(OCc3ccnc(NC(=O)CCl)c3)c3ccccc23)cc1. The van der Waals surface area contributed by atoms with E-state index in [-0.39, 0.29) is 18.4 Å². The first-order valence-electron chi connectivity index (χ1n) is 12.6. The van der Waals surface area contributed by atoms with Crippen LogP contribution in [0.4, 0.5) is 22.1 Å². The van der Waals surface area contributed by atoms with Gasteiger partial charge in [-0.1, -0.05) is 42.0 Å². The number of benzene rings is 3. The molecule has 2 heterocycles. The van der Waals surface area contributed by atoms with Crippen LogP contribution in [0.25, 0.3) is 16.5 Å². The summed E-state index contributed by atoms with van der Waals surface area (Å²) >= 11 is 5.56. The maximum Gasteiger partial charge on any atom is 0.324 e. The Morgan fingerprint density at radius 1 is 0.900 bits per heavy atom. The van der Waals surface area contributed by atoms with E-state index in [2.05, 4.69) is 26.0 Å². The topological polar surface area (TPSA) is 110 Å². The zero-order chi connectivity index (χ0) is 28.1. The Bertz CT molecular complexity index is 1680. The Hall–Kier alpha value is -4.89. The normalized spacial score (nSPS) is 10.8. The van der Waals surface area contributed by atoms with E-state index < -0.39 is 6.03 Å². The van der Waals surface area contributed by atoms with Crippen LogP contribution in [-0.2, 0) is 11.4 Å². The van der Waals surface area contributed by atoms with Gasteiger partial charge in [-0.25, -0.2) is 14.5 Å². The van der Waals surface area contributed by atoms with Gasteiger partial charge >= 0.3 is 6.03 Å². The Labute approximate surface area is 236 Å². The van der Waals surface area contributed by atoms with Crippen LogP contribution < -0.4 is 20.7 Å². The lowest BCUT2D eigenvalue weighted by Gasteiger charge is -2.15. The number of ether oxygens (including phenoxy) is 1. The van der Waals surface area contributed by atoms with Gasteiger partial charge in [0.1, 0.15) is 29.9 Å². The van der Waals surface area contributed by atoms with Gasteiger partial charge in [0.25, 0.3) is 0 Å². The number of aromatic nitrogens is 3. The molecule has 5 aromatic rings. The largest absolute Gasteiger partial charge is 0.488 e. The molecule has 0 aliphatic rings. The van der Waals surface area contributed by atoms with Crippen molar-refractivity contribution in [2.75, 3.05) is 21.8 Å². The number of nitrogens with one attached hydrogen (secondary N) is 3. The lowest BCUT2D eigenvalue weighted by molar-refractivity contribution is -0.113. The molecule has 0 saturated heterocycles. The molecule has 0 aliphatic carbocycles. The fourth-order valence-corrected chi connectivity index (χ4v) is 4.28. The van der Waals surface area contributed by atoms with Crippen LogP contribution in [0.15, 0.2) is 85.1 Å². The molecule has 10 heteroatoms. The van der Waals surface area contributed by atoms with Gasteiger partial charge in [0, 0.05) is 23.0 Å². The summed E-state index contributed by atoms with van der Waals surface area (Å²) in [5.74, 6) is 1.13. The summed E-state index contributed by atoms with van der Waals surface area (Å²) in [5, 5.41) is 14.7. The van der Waals surface area contributed by atoms with Crippen LogP contribution >= 0.6 is 11.6 Å². The number of pyridine rings is 1. The predicted octanol–water partition coefficient (Wildman–Crippen LogP) is 6.44. The molecule has 0 aliphatic heterocycles. The van der Waals surface area contributed by atoms with Gasteiger partial charge in [0.05, 0.1) is 17.1 Å². The maximum atomic E-state index is 13.1. The average Bonchev–Trinajstić information content (AvgIpc) is 3.32. The summed E-state index contributed by atoms with van der Waals surface area (Å²) in [6.07, 6.45) is 1.60. The van der Waals surface area contributed by atoms with E-state index in [1.807, 2.05) is 80.6 Å². The molecule has 3 aromatic carbocycles. The van der Waals surface area contributed by atoms with Gasteiger partial charge in [0.2, 0.25) is 5.91 Å². The molecule has 0 spiro atoms. The zero-order valence-corrected chi connectivity index (χ0v) is 22.7. The number of carbonyl (C=O) groups excluding carboxylic acids is 2. The minimum Gasteiger partial charge on any atom is -0.488 e. The highest BCUT2D eigenvalue weighted by molar-refractivity contribution is 6.29. The number of fused-ring (bicyclic) bond motifs is 1. The zero-order valence-electron chi connectivity index (χ0n) is 21.9. The molecule has 2 aromatic heterocycles. The van der Waals surface area contributed by atoms with Gasteiger partial charge in [0.15, 0.2) is 0 Å². The van der Waals surface area contributed by atoms with Crippen molar-refractivity contribution in [1.82, 2.24) is 14.8 Å². The van der Waals surface area contributed by atoms with E-state index in [9.17, 15) is 9.59 Å². The van der Waals surface area contributed by atoms with Gasteiger partial charge in [-0.15, -0.1) is 11.6 Å². The molecule has 0 unspecified atom stereocenters. The van der Waals surface area contributed by atoms with E-state index in [1.54, 1.807) is 23.0 Å². The van der Waals surface area contributed by atoms with E-state index in [1.165, 1.54) is 0 Å². The van der Waals surface area contributed by atoms with E-state index in [0.29, 0.717) is 23.1 Å². The number of rotatable bonds is 8. The van der Waals surface area contributed by atoms with Crippen LogP contribution in [0.3, 0.4) is 0 Å². The molecular formula is C30H27ClN6O3. The number of hydrogen-bond acceptors (Lipinski definition) is 5. The van der Waals surface area contributed by atoms with Crippen LogP contribution in [0, 0.1) is 13.8 Å². The summed E-state index contributed by atoms with van der Waals surface area (Å²) in [6, 6.07) is 24.2. The third kappa shape index (κ3) is 6.22. The van der Waals surface area contributed by atoms with Gasteiger partial charge in [-0.3, -0.25) is 10.1 Å². The van der Waals surface area contributed by atoms with Crippen LogP contribution in [-0.4, -0.2) is 32.6 Å². The minimum absolute atomic E-state index is 0.150. The highest BCUT2D eigenvalue weighted by Gasteiger charge is 2.14. The second kappa shape index (κ2) is 11.9. The number of carbonyl (C=O) groups is 2. The standard InChI is InChI=1S/C30H27ClN6O3/c1-19-7-9-22(10-8-19)37-28(15-20(2)36-37)35-30(39)33-25-11-12-26(24-6-4-3-5-23(24)25)40-18-21-13-14-32-27(16-21)34-29(38)17-31/h3-16H,17-18H2,1-2H3,(H,32,34,38)(H2,33,35,39). The number of hydrogen-bond donors (Lipinski definition) is 3. The van der Waals surface area contributed by atoms with Crippen molar-refractivity contribution in [3.05, 3.63) is 102 Å². The third-order valence-electron chi connectivity index (χ3n) is 6.09. The van der Waals surface area contributed by atoms with Crippen molar-refractivity contribution in [3.8, 4) is 11.4 Å². The summed E-state index contributed by atoms with van der Waals surface area (Å²) in [7, 11) is 0. The first-order valence-corrected chi connectivity index (χ1v) is 13.1. The summed E-state index contributed by atoms with van der Waals surface area (Å²) in [6.45, 7) is 4.15. The molecule has 5 rings (SSSR count). The van der Waals surface area contributed by atoms with Crippen molar-refractivity contribution in [2.45, 2.75) is 20.5 Å². The van der Waals surface area contributed by atoms with Crippen LogP contribution in [0.1, 0.15) is 16.8 Å². The van der Waals surface area contributed by atoms with Crippen molar-refractivity contribution >= 4 is 51.6 Å². The fraction of sp³-hybridized carbons (Fsp3) is 0.133. The molecule has 0 fully saturated rings. The third-order valence-corrected chi connectivity index (χ3v) is 6.33. The number of urea groups is 1. The monoisotopic (exact) mass is 554 g/mol. The summed E-state index contributed by atoms with van der Waals surface area (Å²) < 4.78 is 7.82. The Morgan fingerprint density at radius 3 is 2.45 bits per heavy atom. The van der Waals surface area contributed by atoms with Crippen molar-refractivity contribution in [2.24, 2.45) is 0 Å². The number of halogens is 1. The molecule has 0 radical (unpaired) electrons. The van der Waals surface area contributed by atoms with Gasteiger partial charge in [-0.2, -0.15) is 5.10 Å². The molecule has 3 amide bonds. The number of nitrogens with zero attached hydrogens (tertiary/aromatic N) is 3. The lowest BCUT2D eigenvalue weighted by Crippen LogP contribution is -2.21. The van der Waals surface area contributed by atoms with Crippen LogP contribution in [0.2, 0.25) is 0 Å². The van der Waals surface area contributed by atoms with Crippen molar-refractivity contribution < 1.29 is 14.3 Å². The van der Waals surface area contributed by atoms with E-state index >= 15 is 0 Å². The molecule has 0 bridgehead atoms. The number of aryl methyl sites for hydroxylation is 2. The molecular weight excluding hydrogens is 528 g/mol. The minimum atomic E-state index is -0.393. The average molecular weight is 555 g/mol. The lowest BCUT2D eigenvalue weighted by atomic mass is 10.1.